The van der Waals surface area contributed by atoms with Gasteiger partial charge < -0.3 is 9.30 Å². The van der Waals surface area contributed by atoms with E-state index in [1.165, 1.54) is 59.2 Å². The van der Waals surface area contributed by atoms with Crippen LogP contribution in [0.1, 0.15) is 17.3 Å². The van der Waals surface area contributed by atoms with Crippen LogP contribution in [-0.2, 0) is 36.1 Å². The van der Waals surface area contributed by atoms with Gasteiger partial charge in [0.15, 0.2) is 4.80 Å². The second-order valence-corrected chi connectivity index (χ2v) is 12.1. The molecule has 0 aliphatic rings. The number of hydrogen-bond acceptors (Lipinski definition) is 8. The Hall–Kier alpha value is -3.85. The number of fused-ring (bicyclic) bond motifs is 1. The summed E-state index contributed by atoms with van der Waals surface area (Å²) in [6.07, 6.45) is 0. The Morgan fingerprint density at radius 2 is 1.66 bits per heavy atom. The molecular formula is C24H22N4O7S3. The lowest BCUT2D eigenvalue weighted by Crippen LogP contribution is -2.23. The molecule has 0 radical (unpaired) electrons. The molecular weight excluding hydrogens is 552 g/mol. The number of nitrogens with zero attached hydrogens (tertiary/aromatic N) is 2. The van der Waals surface area contributed by atoms with E-state index in [0.29, 0.717) is 10.2 Å². The van der Waals surface area contributed by atoms with Crippen LogP contribution in [0.2, 0.25) is 0 Å². The van der Waals surface area contributed by atoms with Gasteiger partial charge in [-0.3, -0.25) is 14.3 Å². The molecule has 3 N–H and O–H groups in total. The lowest BCUT2D eigenvalue weighted by atomic mass is 10.2. The summed E-state index contributed by atoms with van der Waals surface area (Å²) >= 11 is 1.00. The number of primary sulfonamides is 1. The van der Waals surface area contributed by atoms with Crippen molar-refractivity contribution in [3.05, 3.63) is 83.2 Å². The largest absolute Gasteiger partial charge is 0.465 e. The van der Waals surface area contributed by atoms with Crippen LogP contribution in [0, 0.1) is 0 Å². The van der Waals surface area contributed by atoms with Crippen molar-refractivity contribution >= 4 is 59.2 Å². The normalized spacial score (nSPS) is 12.4. The molecule has 1 amide bonds. The highest BCUT2D eigenvalue weighted by Gasteiger charge is 2.17. The van der Waals surface area contributed by atoms with Crippen LogP contribution in [0.4, 0.5) is 5.69 Å². The molecule has 0 fully saturated rings. The van der Waals surface area contributed by atoms with E-state index >= 15 is 0 Å². The molecule has 1 heterocycles. The van der Waals surface area contributed by atoms with Crippen molar-refractivity contribution in [2.45, 2.75) is 23.3 Å². The Bertz CT molecular complexity index is 1790. The number of nitrogens with one attached hydrogen (secondary N) is 1. The summed E-state index contributed by atoms with van der Waals surface area (Å²) in [5.41, 5.74) is 0.880. The van der Waals surface area contributed by atoms with Gasteiger partial charge in [0, 0.05) is 11.3 Å². The highest BCUT2D eigenvalue weighted by molar-refractivity contribution is 7.92. The van der Waals surface area contributed by atoms with Gasteiger partial charge in [0.05, 0.1) is 26.6 Å². The molecule has 4 aromatic rings. The van der Waals surface area contributed by atoms with Crippen molar-refractivity contribution in [1.82, 2.24) is 4.57 Å². The molecule has 11 nitrogen and oxygen atoms in total. The fraction of sp³-hybridized carbons (Fsp3) is 0.125. The summed E-state index contributed by atoms with van der Waals surface area (Å²) in [6, 6.07) is 17.6. The third kappa shape index (κ3) is 6.16. The molecule has 0 spiro atoms. The first-order valence-electron chi connectivity index (χ1n) is 11.1. The molecule has 4 rings (SSSR count). The van der Waals surface area contributed by atoms with E-state index in [-0.39, 0.29) is 39.0 Å². The number of sulfonamides is 2. The van der Waals surface area contributed by atoms with E-state index in [1.54, 1.807) is 25.1 Å². The molecule has 0 saturated carbocycles. The van der Waals surface area contributed by atoms with E-state index in [9.17, 15) is 26.4 Å². The smallest absolute Gasteiger partial charge is 0.326 e. The fourth-order valence-electron chi connectivity index (χ4n) is 3.45. The number of amides is 1. The first kappa shape index (κ1) is 27.2. The van der Waals surface area contributed by atoms with Gasteiger partial charge in [-0.2, -0.15) is 4.99 Å². The summed E-state index contributed by atoms with van der Waals surface area (Å²) < 4.78 is 57.9. The lowest BCUT2D eigenvalue weighted by Gasteiger charge is -2.08. The average molecular weight is 575 g/mol. The summed E-state index contributed by atoms with van der Waals surface area (Å²) in [6.45, 7) is 1.56. The minimum atomic E-state index is -3.97. The van der Waals surface area contributed by atoms with Crippen molar-refractivity contribution in [2.24, 2.45) is 10.1 Å². The van der Waals surface area contributed by atoms with Crippen LogP contribution in [0.25, 0.3) is 10.2 Å². The summed E-state index contributed by atoms with van der Waals surface area (Å²) in [4.78, 5) is 29.4. The van der Waals surface area contributed by atoms with Crippen LogP contribution >= 0.6 is 11.3 Å². The van der Waals surface area contributed by atoms with Gasteiger partial charge in [-0.15, -0.1) is 0 Å². The molecule has 3 aromatic carbocycles. The molecule has 14 heteroatoms. The van der Waals surface area contributed by atoms with Crippen molar-refractivity contribution < 1.29 is 31.2 Å². The molecule has 0 unspecified atom stereocenters. The summed E-state index contributed by atoms with van der Waals surface area (Å²) in [7, 11) is -7.77. The first-order chi connectivity index (χ1) is 18.0. The molecule has 0 atom stereocenters. The summed E-state index contributed by atoms with van der Waals surface area (Å²) in [5, 5.41) is 5.23. The van der Waals surface area contributed by atoms with Crippen LogP contribution in [0.15, 0.2) is 87.6 Å². The number of aromatic nitrogens is 1. The van der Waals surface area contributed by atoms with E-state index in [0.717, 1.165) is 11.3 Å². The van der Waals surface area contributed by atoms with Crippen molar-refractivity contribution in [2.75, 3.05) is 11.3 Å². The number of hydrogen-bond donors (Lipinski definition) is 2. The van der Waals surface area contributed by atoms with Crippen LogP contribution < -0.4 is 14.7 Å². The zero-order valence-electron chi connectivity index (χ0n) is 19.9. The highest BCUT2D eigenvalue weighted by Crippen LogP contribution is 2.22. The first-order valence-corrected chi connectivity index (χ1v) is 14.9. The van der Waals surface area contributed by atoms with Crippen molar-refractivity contribution in [3.8, 4) is 0 Å². The SMILES string of the molecule is CCOC(=O)Cn1c(=NC(=O)c2ccc(NS(=O)(=O)c3ccccc3)cc2)sc2cc(S(N)(=O)=O)ccc21. The maximum Gasteiger partial charge on any atom is 0.326 e. The second kappa shape index (κ2) is 10.9. The Balaban J connectivity index is 1.67. The fourth-order valence-corrected chi connectivity index (χ4v) is 6.21. The molecule has 1 aromatic heterocycles. The van der Waals surface area contributed by atoms with Crippen LogP contribution in [0.5, 0.6) is 0 Å². The van der Waals surface area contributed by atoms with Gasteiger partial charge in [0.1, 0.15) is 6.54 Å². The minimum Gasteiger partial charge on any atom is -0.465 e. The zero-order chi connectivity index (χ0) is 27.5. The Morgan fingerprint density at radius 1 is 0.974 bits per heavy atom. The van der Waals surface area contributed by atoms with Crippen LogP contribution in [0.3, 0.4) is 0 Å². The van der Waals surface area contributed by atoms with Gasteiger partial charge in [-0.25, -0.2) is 22.0 Å². The number of ether oxygens (including phenoxy) is 1. The predicted molar refractivity (Wildman–Crippen MR) is 141 cm³/mol. The van der Waals surface area contributed by atoms with E-state index < -0.39 is 31.9 Å². The Kier molecular flexibility index (Phi) is 7.78. The third-order valence-corrected chi connectivity index (χ3v) is 8.56. The zero-order valence-corrected chi connectivity index (χ0v) is 22.3. The summed E-state index contributed by atoms with van der Waals surface area (Å²) in [5.74, 6) is -1.22. The Morgan fingerprint density at radius 3 is 2.29 bits per heavy atom. The molecule has 198 valence electrons. The van der Waals surface area contributed by atoms with Gasteiger partial charge in [0.2, 0.25) is 10.0 Å². The number of carbonyl (C=O) groups is 2. The lowest BCUT2D eigenvalue weighted by molar-refractivity contribution is -0.143. The second-order valence-electron chi connectivity index (χ2n) is 7.86. The maximum absolute atomic E-state index is 13.0. The molecule has 0 bridgehead atoms. The van der Waals surface area contributed by atoms with Gasteiger partial charge in [0.25, 0.3) is 15.9 Å². The maximum atomic E-state index is 13.0. The number of esters is 1. The van der Waals surface area contributed by atoms with Crippen LogP contribution in [-0.4, -0.2) is 39.9 Å². The van der Waals surface area contributed by atoms with Gasteiger partial charge >= 0.3 is 5.97 Å². The standard InChI is InChI=1S/C24H22N4O7S3/c1-2-35-22(29)15-28-20-13-12-19(37(25,31)32)14-21(20)36-24(28)26-23(30)16-8-10-17(11-9-16)27-38(33,34)18-6-4-3-5-7-18/h3-14,27H,2,15H2,1H3,(H2,25,31,32). The van der Waals surface area contributed by atoms with Gasteiger partial charge in [-0.05, 0) is 61.5 Å². The Labute approximate surface area is 222 Å². The number of anilines is 1. The van der Waals surface area contributed by atoms with E-state index in [4.69, 9.17) is 9.88 Å². The molecule has 38 heavy (non-hydrogen) atoms. The van der Waals surface area contributed by atoms with Crippen molar-refractivity contribution in [1.29, 1.82) is 0 Å². The van der Waals surface area contributed by atoms with E-state index in [2.05, 4.69) is 9.71 Å². The van der Waals surface area contributed by atoms with E-state index in [1.807, 2.05) is 0 Å². The number of thiazole rings is 1. The monoisotopic (exact) mass is 574 g/mol. The highest BCUT2D eigenvalue weighted by atomic mass is 32.2. The average Bonchev–Trinajstić information content (AvgIpc) is 3.20. The third-order valence-electron chi connectivity index (χ3n) is 5.21. The predicted octanol–water partition coefficient (Wildman–Crippen LogP) is 2.46. The van der Waals surface area contributed by atoms with Gasteiger partial charge in [-0.1, -0.05) is 29.5 Å². The minimum absolute atomic E-state index is 0.0941. The number of benzene rings is 3. The topological polar surface area (TPSA) is 167 Å². The molecule has 0 aliphatic carbocycles. The number of carbonyl (C=O) groups excluding carboxylic acids is 2. The number of nitrogens with two attached hydrogens (primary N) is 1. The number of rotatable bonds is 8. The van der Waals surface area contributed by atoms with Crippen molar-refractivity contribution in [3.63, 3.8) is 0 Å². The quantitative estimate of drug-likeness (QED) is 0.305. The molecule has 0 aliphatic heterocycles. The molecule has 0 saturated heterocycles.